The van der Waals surface area contributed by atoms with Crippen LogP contribution in [0.3, 0.4) is 0 Å². The Hall–Kier alpha value is -1.30. The summed E-state index contributed by atoms with van der Waals surface area (Å²) < 4.78 is 43.7. The first-order valence-electron chi connectivity index (χ1n) is 18.5. The van der Waals surface area contributed by atoms with Gasteiger partial charge in [0.2, 0.25) is 0 Å². The van der Waals surface area contributed by atoms with E-state index < -0.39 is 102 Å². The number of Topliss-reactive ketones (excluding diaryl/α,β-unsaturated/α-hetero) is 1. The number of aliphatic hydroxyl groups is 4. The summed E-state index contributed by atoms with van der Waals surface area (Å²) in [4.78, 5) is 28.1. The van der Waals surface area contributed by atoms with Crippen LogP contribution in [0.25, 0.3) is 0 Å². The normalized spacial score (nSPS) is 49.6. The Morgan fingerprint density at radius 2 is 1.47 bits per heavy atom. The molecule has 0 bridgehead atoms. The minimum Gasteiger partial charge on any atom is -0.459 e. The summed E-state index contributed by atoms with van der Waals surface area (Å²) in [6, 6.07) is -0.334. The first-order valence-corrected chi connectivity index (χ1v) is 18.5. The number of carbonyl (C=O) groups is 2. The number of nitrogens with one attached hydrogen (secondary N) is 1. The zero-order valence-corrected chi connectivity index (χ0v) is 33.0. The molecule has 3 heterocycles. The maximum atomic E-state index is 14.1. The third-order valence-corrected chi connectivity index (χ3v) is 12.0. The molecule has 5 N–H and O–H groups in total. The molecule has 18 atom stereocenters. The van der Waals surface area contributed by atoms with Crippen LogP contribution in [0.4, 0.5) is 0 Å². The van der Waals surface area contributed by atoms with E-state index in [1.54, 1.807) is 55.5 Å². The number of likely N-dealkylation sites (N-methyl/N-ethyl adjacent to an activating group) is 1. The molecule has 0 amide bonds. The highest BCUT2D eigenvalue weighted by molar-refractivity contribution is 5.83. The molecular weight excluding hydrogens is 666 g/mol. The van der Waals surface area contributed by atoms with Gasteiger partial charge in [-0.1, -0.05) is 27.7 Å². The molecule has 3 fully saturated rings. The summed E-state index contributed by atoms with van der Waals surface area (Å²) in [6.07, 6.45) is -8.78. The number of methoxy groups -OCH3 is 2. The summed E-state index contributed by atoms with van der Waals surface area (Å²) in [5.74, 6) is -4.47. The van der Waals surface area contributed by atoms with Crippen LogP contribution in [0.2, 0.25) is 0 Å². The second-order valence-electron chi connectivity index (χ2n) is 16.0. The van der Waals surface area contributed by atoms with Gasteiger partial charge in [0.15, 0.2) is 12.6 Å². The number of cyclic esters (lactones) is 1. The van der Waals surface area contributed by atoms with Gasteiger partial charge >= 0.3 is 5.97 Å². The van der Waals surface area contributed by atoms with Gasteiger partial charge in [-0.25, -0.2) is 0 Å². The van der Waals surface area contributed by atoms with E-state index in [-0.39, 0.29) is 37.2 Å². The standard InChI is InChI=1S/C37H67NO13/c1-14-25-37(10,44)30(41)20(4)27(39)18(2)16-36(9,46-13)32(51-34-28(40)24(38-11)15-19(3)47-34)21(5)29(22(6)33(43)49-25)50-26-17-35(8,45-12)31(42)23(7)48-26/h18-26,28-32,34,38,40-42,44H,14-17H2,1-13H3/t18-,19-,20+,21+,22-,23+,24+,25-,26+,28-,29-,30-,31+,32-,34+,35-,36+,37-/m1/s1. The van der Waals surface area contributed by atoms with E-state index >= 15 is 0 Å². The van der Waals surface area contributed by atoms with Crippen LogP contribution in [0.1, 0.15) is 94.9 Å². The van der Waals surface area contributed by atoms with Gasteiger partial charge in [-0.2, -0.15) is 0 Å². The number of hydrogen-bond acceptors (Lipinski definition) is 14. The van der Waals surface area contributed by atoms with Crippen molar-refractivity contribution >= 4 is 11.8 Å². The Morgan fingerprint density at radius 1 is 0.863 bits per heavy atom. The van der Waals surface area contributed by atoms with Crippen molar-refractivity contribution in [2.75, 3.05) is 21.3 Å². The van der Waals surface area contributed by atoms with Gasteiger partial charge in [-0.3, -0.25) is 9.59 Å². The van der Waals surface area contributed by atoms with Crippen molar-refractivity contribution in [2.24, 2.45) is 23.7 Å². The topological polar surface area (TPSA) is 192 Å². The van der Waals surface area contributed by atoms with E-state index in [1.165, 1.54) is 21.1 Å². The van der Waals surface area contributed by atoms with Crippen LogP contribution in [-0.4, -0.2) is 138 Å². The van der Waals surface area contributed by atoms with Gasteiger partial charge in [-0.15, -0.1) is 0 Å². The van der Waals surface area contributed by atoms with Gasteiger partial charge in [0.25, 0.3) is 0 Å². The molecular formula is C37H67NO13. The van der Waals surface area contributed by atoms with Gasteiger partial charge in [0.1, 0.15) is 29.7 Å². The smallest absolute Gasteiger partial charge is 0.311 e. The third-order valence-electron chi connectivity index (χ3n) is 12.0. The molecule has 0 aromatic rings. The Morgan fingerprint density at radius 3 is 2.02 bits per heavy atom. The number of rotatable bonds is 8. The number of ether oxygens (including phenoxy) is 7. The molecule has 0 unspecified atom stereocenters. The molecule has 0 saturated carbocycles. The molecule has 14 nitrogen and oxygen atoms in total. The van der Waals surface area contributed by atoms with E-state index in [4.69, 9.17) is 33.2 Å². The number of aliphatic hydroxyl groups excluding tert-OH is 3. The van der Waals surface area contributed by atoms with E-state index in [9.17, 15) is 30.0 Å². The fraction of sp³-hybridized carbons (Fsp3) is 0.946. The predicted molar refractivity (Wildman–Crippen MR) is 186 cm³/mol. The maximum Gasteiger partial charge on any atom is 0.311 e. The lowest BCUT2D eigenvalue weighted by atomic mass is 9.74. The Bertz CT molecular complexity index is 1160. The highest BCUT2D eigenvalue weighted by atomic mass is 16.7. The maximum absolute atomic E-state index is 14.1. The molecule has 3 aliphatic rings. The summed E-state index contributed by atoms with van der Waals surface area (Å²) >= 11 is 0. The summed E-state index contributed by atoms with van der Waals surface area (Å²) in [5.41, 5.74) is -4.24. The fourth-order valence-electron chi connectivity index (χ4n) is 8.38. The van der Waals surface area contributed by atoms with Crippen molar-refractivity contribution in [3.05, 3.63) is 0 Å². The van der Waals surface area contributed by atoms with Crippen molar-refractivity contribution in [1.29, 1.82) is 0 Å². The van der Waals surface area contributed by atoms with Crippen molar-refractivity contribution in [3.63, 3.8) is 0 Å². The zero-order valence-electron chi connectivity index (χ0n) is 33.0. The first kappa shape index (κ1) is 44.1. The lowest BCUT2D eigenvalue weighted by molar-refractivity contribution is -0.317. The SMILES string of the molecule is CC[C@H]1OC(=O)[C@H](C)[C@H](O[C@H]2C[C@@](C)(OC)[C@@H](O)[C@H](C)O2)[C@H](C)[C@@H](O[C@@H]2O[C@H](C)C[C@H](NC)[C@H]2O)[C@@](C)(OC)C[C@@H](C)C(=O)[C@H](C)[C@@H](O)[C@]1(C)O. The van der Waals surface area contributed by atoms with Gasteiger partial charge in [-0.05, 0) is 67.9 Å². The fourth-order valence-corrected chi connectivity index (χ4v) is 8.38. The monoisotopic (exact) mass is 733 g/mol. The van der Waals surface area contributed by atoms with Crippen molar-refractivity contribution in [3.8, 4) is 0 Å². The highest BCUT2D eigenvalue weighted by Gasteiger charge is 2.54. The minimum absolute atomic E-state index is 0.109. The van der Waals surface area contributed by atoms with Crippen LogP contribution in [0.5, 0.6) is 0 Å². The molecule has 3 saturated heterocycles. The van der Waals surface area contributed by atoms with Crippen molar-refractivity contribution in [1.82, 2.24) is 5.32 Å². The molecule has 14 heteroatoms. The highest BCUT2D eigenvalue weighted by Crippen LogP contribution is 2.41. The zero-order chi connectivity index (χ0) is 38.8. The average molecular weight is 734 g/mol. The number of hydrogen-bond donors (Lipinski definition) is 5. The number of ketones is 1. The average Bonchev–Trinajstić information content (AvgIpc) is 3.09. The molecule has 51 heavy (non-hydrogen) atoms. The molecule has 298 valence electrons. The summed E-state index contributed by atoms with van der Waals surface area (Å²) in [6.45, 7) is 17.0. The Kier molecular flexibility index (Phi) is 15.1. The van der Waals surface area contributed by atoms with E-state index in [0.717, 1.165) is 0 Å². The second-order valence-corrected chi connectivity index (χ2v) is 16.0. The van der Waals surface area contributed by atoms with E-state index in [1.807, 2.05) is 13.8 Å². The van der Waals surface area contributed by atoms with Crippen LogP contribution >= 0.6 is 0 Å². The molecule has 0 aromatic carbocycles. The molecule has 0 aliphatic carbocycles. The molecule has 0 spiro atoms. The second kappa shape index (κ2) is 17.4. The van der Waals surface area contributed by atoms with Gasteiger partial charge in [0, 0.05) is 44.4 Å². The number of carbonyl (C=O) groups excluding carboxylic acids is 2. The summed E-state index contributed by atoms with van der Waals surface area (Å²) in [7, 11) is 4.75. The third kappa shape index (κ3) is 9.33. The Balaban J connectivity index is 2.21. The van der Waals surface area contributed by atoms with Gasteiger partial charge < -0.3 is 58.9 Å². The predicted octanol–water partition coefficient (Wildman–Crippen LogP) is 2.10. The number of esters is 1. The van der Waals surface area contributed by atoms with E-state index in [2.05, 4.69) is 5.32 Å². The van der Waals surface area contributed by atoms with Crippen LogP contribution < -0.4 is 5.32 Å². The first-order chi connectivity index (χ1) is 23.6. The minimum atomic E-state index is -1.96. The van der Waals surface area contributed by atoms with Crippen molar-refractivity contribution < 1.29 is 63.2 Å². The van der Waals surface area contributed by atoms with Gasteiger partial charge in [0.05, 0.1) is 47.6 Å². The van der Waals surface area contributed by atoms with Crippen LogP contribution in [-0.2, 0) is 42.7 Å². The molecule has 3 rings (SSSR count). The molecule has 0 aromatic heterocycles. The quantitative estimate of drug-likeness (QED) is 0.228. The lowest BCUT2D eigenvalue weighted by Crippen LogP contribution is -2.61. The van der Waals surface area contributed by atoms with Crippen LogP contribution in [0, 0.1) is 23.7 Å². The van der Waals surface area contributed by atoms with E-state index in [0.29, 0.717) is 6.42 Å². The lowest BCUT2D eigenvalue weighted by Gasteiger charge is -2.49. The van der Waals surface area contributed by atoms with Crippen LogP contribution in [0.15, 0.2) is 0 Å². The molecule has 0 radical (unpaired) electrons. The molecule has 3 aliphatic heterocycles. The van der Waals surface area contributed by atoms with Crippen molar-refractivity contribution in [2.45, 2.75) is 179 Å². The Labute approximate surface area is 304 Å². The largest absolute Gasteiger partial charge is 0.459 e. The summed E-state index contributed by atoms with van der Waals surface area (Å²) in [5, 5.41) is 48.4.